The Labute approximate surface area is 207 Å². The number of aliphatic hydroxyl groups is 1. The summed E-state index contributed by atoms with van der Waals surface area (Å²) in [7, 11) is 0. The fraction of sp³-hybridized carbons (Fsp3) is 0.966. The summed E-state index contributed by atoms with van der Waals surface area (Å²) < 4.78 is 6.02. The molecule has 4 aliphatic carbocycles. The Morgan fingerprint density at radius 2 is 1.82 bits per heavy atom. The molecule has 4 fully saturated rings. The highest BCUT2D eigenvalue weighted by molar-refractivity contribution is 5.79. The molecule has 9 atom stereocenters. The molecular weight excluding hydrogens is 426 g/mol. The van der Waals surface area contributed by atoms with E-state index in [1.54, 1.807) is 0 Å². The van der Waals surface area contributed by atoms with E-state index in [9.17, 15) is 15.0 Å². The number of ether oxygens (including phenoxy) is 1. The van der Waals surface area contributed by atoms with Gasteiger partial charge in [-0.05, 0) is 118 Å². The van der Waals surface area contributed by atoms with Gasteiger partial charge in [0.05, 0.1) is 6.10 Å². The Kier molecular flexibility index (Phi) is 7.78. The summed E-state index contributed by atoms with van der Waals surface area (Å²) in [5.74, 6) is 2.15. The molecule has 0 aromatic heterocycles. The molecule has 0 aliphatic heterocycles. The molecule has 196 valence electrons. The average Bonchev–Trinajstić information content (AvgIpc) is 3.11. The van der Waals surface area contributed by atoms with Crippen molar-refractivity contribution in [1.82, 2.24) is 5.32 Å². The number of rotatable bonds is 9. The highest BCUT2D eigenvalue weighted by Gasteiger charge is 2.65. The van der Waals surface area contributed by atoms with Gasteiger partial charge in [-0.15, -0.1) is 0 Å². The van der Waals surface area contributed by atoms with Crippen LogP contribution in [0.1, 0.15) is 105 Å². The summed E-state index contributed by atoms with van der Waals surface area (Å²) in [6.45, 7) is 13.0. The van der Waals surface area contributed by atoms with Crippen molar-refractivity contribution in [2.24, 2.45) is 40.4 Å². The second-order valence-electron chi connectivity index (χ2n) is 13.3. The molecule has 3 N–H and O–H groups in total. The van der Waals surface area contributed by atoms with Gasteiger partial charge in [-0.25, -0.2) is 4.79 Å². The summed E-state index contributed by atoms with van der Waals surface area (Å²) in [6, 6.07) is 0.621. The van der Waals surface area contributed by atoms with Crippen LogP contribution in [-0.4, -0.2) is 47.1 Å². The predicted molar refractivity (Wildman–Crippen MR) is 136 cm³/mol. The van der Waals surface area contributed by atoms with Gasteiger partial charge in [-0.2, -0.15) is 0 Å². The van der Waals surface area contributed by atoms with Crippen LogP contribution in [0.25, 0.3) is 0 Å². The largest absolute Gasteiger partial charge is 0.479 e. The molecule has 0 aromatic rings. The lowest BCUT2D eigenvalue weighted by molar-refractivity contribution is -0.228. The first-order valence-electron chi connectivity index (χ1n) is 14.4. The lowest BCUT2D eigenvalue weighted by atomic mass is 9.43. The second-order valence-corrected chi connectivity index (χ2v) is 13.3. The molecule has 4 saturated carbocycles. The Morgan fingerprint density at radius 3 is 2.50 bits per heavy atom. The van der Waals surface area contributed by atoms with Crippen LogP contribution in [0.15, 0.2) is 0 Å². The van der Waals surface area contributed by atoms with E-state index in [0.717, 1.165) is 31.2 Å². The van der Waals surface area contributed by atoms with Gasteiger partial charge in [0.2, 0.25) is 0 Å². The number of hydrogen-bond donors (Lipinski definition) is 3. The molecule has 4 aliphatic rings. The minimum atomic E-state index is -1.44. The van der Waals surface area contributed by atoms with E-state index in [1.807, 2.05) is 6.92 Å². The minimum Gasteiger partial charge on any atom is -0.479 e. The zero-order valence-electron chi connectivity index (χ0n) is 22.4. The Balaban J connectivity index is 1.51. The summed E-state index contributed by atoms with van der Waals surface area (Å²) in [5.41, 5.74) is -1.16. The highest BCUT2D eigenvalue weighted by atomic mass is 16.5. The molecule has 0 amide bonds. The number of fused-ring (bicyclic) bond motifs is 5. The number of hydrogen-bond acceptors (Lipinski definition) is 4. The molecule has 4 unspecified atom stereocenters. The number of aliphatic hydroxyl groups excluding tert-OH is 1. The van der Waals surface area contributed by atoms with Gasteiger partial charge in [0.15, 0.2) is 5.60 Å². The SMILES string of the molecule is CCCOC1(C(=O)O)C[C@@]2(C)C(CC[C@@H]3[C@H]2CC[C@]2(C)C(NCCCC(C)C)CC[C@@H]32)CC1O. The number of aliphatic carboxylic acids is 1. The molecule has 0 saturated heterocycles. The van der Waals surface area contributed by atoms with Gasteiger partial charge in [0.1, 0.15) is 0 Å². The van der Waals surface area contributed by atoms with Gasteiger partial charge < -0.3 is 20.3 Å². The number of carboxylic acid groups (broad SMARTS) is 1. The minimum absolute atomic E-state index is 0.0710. The number of nitrogens with one attached hydrogen (secondary N) is 1. The Bertz CT molecular complexity index is 727. The van der Waals surface area contributed by atoms with Crippen molar-refractivity contribution < 1.29 is 19.7 Å². The second kappa shape index (κ2) is 10.0. The highest BCUT2D eigenvalue weighted by Crippen LogP contribution is 2.67. The molecule has 34 heavy (non-hydrogen) atoms. The zero-order valence-corrected chi connectivity index (χ0v) is 22.4. The van der Waals surface area contributed by atoms with Gasteiger partial charge in [-0.3, -0.25) is 0 Å². The monoisotopic (exact) mass is 477 g/mol. The summed E-state index contributed by atoms with van der Waals surface area (Å²) in [6.07, 6.45) is 10.8. The molecule has 5 nitrogen and oxygen atoms in total. The Morgan fingerprint density at radius 1 is 1.09 bits per heavy atom. The molecule has 0 spiro atoms. The van der Waals surface area contributed by atoms with E-state index in [4.69, 9.17) is 4.74 Å². The molecule has 0 radical (unpaired) electrons. The normalized spacial score (nSPS) is 46.1. The van der Waals surface area contributed by atoms with E-state index in [-0.39, 0.29) is 5.41 Å². The average molecular weight is 478 g/mol. The fourth-order valence-electron chi connectivity index (χ4n) is 9.17. The Hall–Kier alpha value is -0.650. The maximum atomic E-state index is 12.5. The van der Waals surface area contributed by atoms with Crippen LogP contribution in [0.4, 0.5) is 0 Å². The van der Waals surface area contributed by atoms with Crippen molar-refractivity contribution in [2.75, 3.05) is 13.2 Å². The molecule has 0 aromatic carbocycles. The first-order valence-corrected chi connectivity index (χ1v) is 14.4. The van der Waals surface area contributed by atoms with Crippen LogP contribution in [0.2, 0.25) is 0 Å². The molecule has 4 rings (SSSR count). The fourth-order valence-corrected chi connectivity index (χ4v) is 9.17. The van der Waals surface area contributed by atoms with Crippen molar-refractivity contribution >= 4 is 5.97 Å². The van der Waals surface area contributed by atoms with Crippen LogP contribution in [0.5, 0.6) is 0 Å². The van der Waals surface area contributed by atoms with Crippen molar-refractivity contribution in [3.8, 4) is 0 Å². The predicted octanol–water partition coefficient (Wildman–Crippen LogP) is 5.64. The lowest BCUT2D eigenvalue weighted by Gasteiger charge is -2.63. The maximum absolute atomic E-state index is 12.5. The van der Waals surface area contributed by atoms with Crippen LogP contribution in [-0.2, 0) is 9.53 Å². The van der Waals surface area contributed by atoms with Gasteiger partial charge in [0.25, 0.3) is 0 Å². The third kappa shape index (κ3) is 4.36. The number of carbonyl (C=O) groups is 1. The number of carboxylic acids is 1. The third-order valence-corrected chi connectivity index (χ3v) is 11.0. The van der Waals surface area contributed by atoms with E-state index in [1.165, 1.54) is 44.9 Å². The quantitative estimate of drug-likeness (QED) is 0.374. The third-order valence-electron chi connectivity index (χ3n) is 11.0. The molecule has 0 bridgehead atoms. The summed E-state index contributed by atoms with van der Waals surface area (Å²) in [4.78, 5) is 12.5. The van der Waals surface area contributed by atoms with Crippen LogP contribution in [0.3, 0.4) is 0 Å². The molecule has 0 heterocycles. The van der Waals surface area contributed by atoms with E-state index in [2.05, 4.69) is 33.0 Å². The van der Waals surface area contributed by atoms with Crippen molar-refractivity contribution in [3.63, 3.8) is 0 Å². The first kappa shape index (κ1) is 26.4. The zero-order chi connectivity index (χ0) is 24.7. The molecule has 5 heteroatoms. The summed E-state index contributed by atoms with van der Waals surface area (Å²) >= 11 is 0. The van der Waals surface area contributed by atoms with Crippen molar-refractivity contribution in [2.45, 2.75) is 123 Å². The molecular formula is C29H51NO4. The first-order chi connectivity index (χ1) is 16.1. The maximum Gasteiger partial charge on any atom is 0.338 e. The van der Waals surface area contributed by atoms with E-state index >= 15 is 0 Å². The van der Waals surface area contributed by atoms with Crippen LogP contribution < -0.4 is 5.32 Å². The van der Waals surface area contributed by atoms with Crippen LogP contribution >= 0.6 is 0 Å². The van der Waals surface area contributed by atoms with Crippen molar-refractivity contribution in [3.05, 3.63) is 0 Å². The van der Waals surface area contributed by atoms with Crippen LogP contribution in [0, 0.1) is 40.4 Å². The van der Waals surface area contributed by atoms with Crippen molar-refractivity contribution in [1.29, 1.82) is 0 Å². The van der Waals surface area contributed by atoms with E-state index in [0.29, 0.717) is 48.7 Å². The summed E-state index contributed by atoms with van der Waals surface area (Å²) in [5, 5.41) is 25.2. The van der Waals surface area contributed by atoms with Gasteiger partial charge >= 0.3 is 5.97 Å². The van der Waals surface area contributed by atoms with Gasteiger partial charge in [-0.1, -0.05) is 34.6 Å². The lowest BCUT2D eigenvalue weighted by Crippen LogP contribution is -2.64. The smallest absolute Gasteiger partial charge is 0.338 e. The standard InChI is InChI=1S/C29H51NO4/c1-6-16-34-29(26(32)33)18-28(5)20(17-25(29)31)9-10-21-22-11-12-24(30-15-7-8-19(2)3)27(22,4)14-13-23(21)28/h19-25,30-31H,6-18H2,1-5H3,(H,32,33)/t20?,21-,22-,23+,24?,25?,27-,28-,29?/m0/s1. The topological polar surface area (TPSA) is 78.8 Å². The van der Waals surface area contributed by atoms with Gasteiger partial charge in [0, 0.05) is 12.6 Å². The van der Waals surface area contributed by atoms with E-state index < -0.39 is 17.7 Å².